The molecule has 1 rings (SSSR count). The Labute approximate surface area is 187 Å². The van der Waals surface area contributed by atoms with Gasteiger partial charge < -0.3 is 0 Å². The average Bonchev–Trinajstić information content (AvgIpc) is 3.11. The summed E-state index contributed by atoms with van der Waals surface area (Å²) in [6, 6.07) is 5.31. The fraction of sp³-hybridized carbons (Fsp3) is 0.840. The van der Waals surface area contributed by atoms with Gasteiger partial charge in [-0.15, -0.1) is 0 Å². The predicted octanol–water partition coefficient (Wildman–Crippen LogP) is 8.69. The van der Waals surface area contributed by atoms with Crippen LogP contribution >= 0.6 is 11.3 Å². The molecule has 0 N–H and O–H groups in total. The normalized spacial score (nSPS) is 13.3. The van der Waals surface area contributed by atoms with Crippen molar-refractivity contribution in [1.29, 1.82) is 0 Å². The molecule has 0 saturated heterocycles. The summed E-state index contributed by atoms with van der Waals surface area (Å²) >= 11 is 0.0622. The van der Waals surface area contributed by atoms with Crippen LogP contribution in [0.25, 0.3) is 0 Å². The van der Waals surface area contributed by atoms with Crippen LogP contribution < -0.4 is 7.39 Å². The van der Waals surface area contributed by atoms with Crippen molar-refractivity contribution in [3.8, 4) is 0 Å². The predicted molar refractivity (Wildman–Crippen MR) is 140 cm³/mol. The summed E-state index contributed by atoms with van der Waals surface area (Å²) in [5.74, 6) is 0. The molecular formula is C25H50SSiSn. The quantitative estimate of drug-likeness (QED) is 0.212. The number of hydrogen-bond donors (Lipinski definition) is 0. The third-order valence-corrected chi connectivity index (χ3v) is 34.7. The molecule has 0 spiro atoms. The number of thiophene rings is 1. The van der Waals surface area contributed by atoms with Gasteiger partial charge in [0.15, 0.2) is 0 Å². The maximum atomic E-state index is 2.67. The Morgan fingerprint density at radius 2 is 1.11 bits per heavy atom. The van der Waals surface area contributed by atoms with Gasteiger partial charge in [-0.1, -0.05) is 0 Å². The van der Waals surface area contributed by atoms with Crippen LogP contribution in [0.4, 0.5) is 0 Å². The van der Waals surface area contributed by atoms with E-state index in [4.69, 9.17) is 0 Å². The second-order valence-electron chi connectivity index (χ2n) is 10.2. The third-order valence-electron chi connectivity index (χ3n) is 7.45. The second-order valence-corrected chi connectivity index (χ2v) is 31.6. The molecule has 28 heavy (non-hydrogen) atoms. The first kappa shape index (κ1) is 26.8. The van der Waals surface area contributed by atoms with Gasteiger partial charge in [0.1, 0.15) is 0 Å². The van der Waals surface area contributed by atoms with Gasteiger partial charge in [0, 0.05) is 0 Å². The van der Waals surface area contributed by atoms with E-state index >= 15 is 0 Å². The molecule has 0 unspecified atom stereocenters. The van der Waals surface area contributed by atoms with Crippen LogP contribution in [0, 0.1) is 0 Å². The monoisotopic (exact) mass is 530 g/mol. The standard InChI is InChI=1S/C13H23SSi.3C4H9.Sn/c1-10(2)15(11(3)4,12(5)6)13-8-7-9-14-13;3*1-3-4-2;/h7-8,10-12H,1-6H3;3*1,3-4H2,2H3;. The topological polar surface area (TPSA) is 0 Å². The molecule has 0 fully saturated rings. The molecule has 0 nitrogen and oxygen atoms in total. The molecule has 0 radical (unpaired) electrons. The van der Waals surface area contributed by atoms with E-state index in [1.165, 1.54) is 38.5 Å². The zero-order valence-corrected chi connectivity index (χ0v) is 25.3. The van der Waals surface area contributed by atoms with E-state index < -0.39 is 26.5 Å². The van der Waals surface area contributed by atoms with Crippen LogP contribution in [-0.2, 0) is 0 Å². The van der Waals surface area contributed by atoms with E-state index in [0.29, 0.717) is 0 Å². The van der Waals surface area contributed by atoms with Crippen molar-refractivity contribution in [2.45, 2.75) is 131 Å². The fourth-order valence-electron chi connectivity index (χ4n) is 6.00. The molecule has 1 aromatic rings. The summed E-state index contributed by atoms with van der Waals surface area (Å²) in [5.41, 5.74) is 2.47. The van der Waals surface area contributed by atoms with Gasteiger partial charge in [-0.25, -0.2) is 0 Å². The molecule has 1 heterocycles. The van der Waals surface area contributed by atoms with Gasteiger partial charge in [0.25, 0.3) is 0 Å². The minimum absolute atomic E-state index is 0.825. The SMILES string of the molecule is CCC[CH2][Sn]([CH2]CCC)([CH2]CCC)[c]1ccc([Si](C(C)C)(C(C)C)C(C)C)s1. The maximum absolute atomic E-state index is 2.67. The first-order chi connectivity index (χ1) is 13.2. The van der Waals surface area contributed by atoms with Crippen LogP contribution in [0.3, 0.4) is 0 Å². The Hall–Kier alpha value is 0.716. The molecule has 0 aromatic carbocycles. The summed E-state index contributed by atoms with van der Waals surface area (Å²) < 4.78 is 8.59. The summed E-state index contributed by atoms with van der Waals surface area (Å²) in [4.78, 5) is 0. The molecule has 0 aliphatic carbocycles. The van der Waals surface area contributed by atoms with Crippen LogP contribution in [0.5, 0.6) is 0 Å². The number of hydrogen-bond acceptors (Lipinski definition) is 1. The van der Waals surface area contributed by atoms with Crippen molar-refractivity contribution in [3.05, 3.63) is 12.1 Å². The Morgan fingerprint density at radius 1 is 0.714 bits per heavy atom. The molecule has 0 atom stereocenters. The number of rotatable bonds is 14. The Balaban J connectivity index is 3.46. The van der Waals surface area contributed by atoms with Crippen molar-refractivity contribution < 1.29 is 0 Å². The van der Waals surface area contributed by atoms with Crippen molar-refractivity contribution in [1.82, 2.24) is 0 Å². The van der Waals surface area contributed by atoms with E-state index in [1.807, 2.05) is 7.39 Å². The van der Waals surface area contributed by atoms with E-state index in [0.717, 1.165) is 16.6 Å². The first-order valence-electron chi connectivity index (χ1n) is 12.3. The van der Waals surface area contributed by atoms with Crippen LogP contribution in [0.1, 0.15) is 101 Å². The first-order valence-corrected chi connectivity index (χ1v) is 22.9. The molecular weight excluding hydrogens is 479 g/mol. The van der Waals surface area contributed by atoms with Crippen molar-refractivity contribution >= 4 is 45.2 Å². The van der Waals surface area contributed by atoms with Crippen LogP contribution in [0.15, 0.2) is 12.1 Å². The van der Waals surface area contributed by atoms with Crippen molar-refractivity contribution in [2.24, 2.45) is 0 Å². The molecule has 0 aliphatic heterocycles. The van der Waals surface area contributed by atoms with Gasteiger partial charge in [0.2, 0.25) is 0 Å². The summed E-state index contributed by atoms with van der Waals surface area (Å²) in [7, 11) is -1.50. The van der Waals surface area contributed by atoms with E-state index in [-0.39, 0.29) is 0 Å². The van der Waals surface area contributed by atoms with E-state index in [9.17, 15) is 0 Å². The average molecular weight is 530 g/mol. The van der Waals surface area contributed by atoms with Gasteiger partial charge in [-0.05, 0) is 0 Å². The van der Waals surface area contributed by atoms with Gasteiger partial charge in [-0.2, -0.15) is 0 Å². The van der Waals surface area contributed by atoms with Gasteiger partial charge in [0.05, 0.1) is 0 Å². The third kappa shape index (κ3) is 5.90. The van der Waals surface area contributed by atoms with Crippen molar-refractivity contribution in [3.63, 3.8) is 0 Å². The summed E-state index contributed by atoms with van der Waals surface area (Å²) in [6.45, 7) is 22.3. The van der Waals surface area contributed by atoms with E-state index in [1.54, 1.807) is 13.3 Å². The molecule has 164 valence electrons. The Bertz CT molecular complexity index is 503. The zero-order chi connectivity index (χ0) is 21.4. The molecule has 0 saturated carbocycles. The molecule has 0 amide bonds. The minimum atomic E-state index is -2.28. The zero-order valence-electron chi connectivity index (χ0n) is 20.7. The molecule has 0 aliphatic rings. The Morgan fingerprint density at radius 3 is 1.43 bits per heavy atom. The Kier molecular flexibility index (Phi) is 12.0. The van der Waals surface area contributed by atoms with E-state index in [2.05, 4.69) is 85.8 Å². The molecule has 3 heteroatoms. The number of unbranched alkanes of at least 4 members (excludes halogenated alkanes) is 3. The van der Waals surface area contributed by atoms with Crippen molar-refractivity contribution in [2.75, 3.05) is 0 Å². The van der Waals surface area contributed by atoms with Crippen LogP contribution in [-0.4, -0.2) is 26.5 Å². The fourth-order valence-corrected chi connectivity index (χ4v) is 36.0. The summed E-state index contributed by atoms with van der Waals surface area (Å²) in [6.07, 6.45) is 8.53. The molecule has 0 bridgehead atoms. The van der Waals surface area contributed by atoms with Gasteiger partial charge in [-0.3, -0.25) is 0 Å². The molecule has 1 aromatic heterocycles. The summed E-state index contributed by atoms with van der Waals surface area (Å²) in [5, 5.41) is 0. The van der Waals surface area contributed by atoms with Crippen LogP contribution in [0.2, 0.25) is 29.9 Å². The van der Waals surface area contributed by atoms with Gasteiger partial charge >= 0.3 is 188 Å². The second kappa shape index (κ2) is 12.5.